The third-order valence-corrected chi connectivity index (χ3v) is 5.27. The van der Waals surface area contributed by atoms with Gasteiger partial charge in [-0.15, -0.1) is 0 Å². The van der Waals surface area contributed by atoms with E-state index in [1.54, 1.807) is 12.4 Å². The smallest absolute Gasteiger partial charge is 0.220 e. The summed E-state index contributed by atoms with van der Waals surface area (Å²) in [5.41, 5.74) is 4.17. The van der Waals surface area contributed by atoms with E-state index in [9.17, 15) is 4.79 Å². The Morgan fingerprint density at radius 1 is 1.14 bits per heavy atom. The number of benzene rings is 2. The molecule has 2 aromatic carbocycles. The average Bonchev–Trinajstić information content (AvgIpc) is 3.17. The molecule has 1 atom stereocenters. The predicted octanol–water partition coefficient (Wildman–Crippen LogP) is 4.24. The van der Waals surface area contributed by atoms with E-state index < -0.39 is 0 Å². The van der Waals surface area contributed by atoms with Crippen LogP contribution in [0.2, 0.25) is 5.02 Å². The first-order valence-electron chi connectivity index (χ1n) is 9.74. The molecule has 6 heteroatoms. The van der Waals surface area contributed by atoms with Crippen LogP contribution in [0.25, 0.3) is 11.1 Å². The van der Waals surface area contributed by atoms with Crippen molar-refractivity contribution >= 4 is 17.5 Å². The topological polar surface area (TPSA) is 64.1 Å². The van der Waals surface area contributed by atoms with E-state index in [2.05, 4.69) is 33.5 Å². The first-order valence-corrected chi connectivity index (χ1v) is 10.1. The van der Waals surface area contributed by atoms with Gasteiger partial charge in [0, 0.05) is 36.4 Å². The normalized spacial score (nSPS) is 14.9. The fraction of sp³-hybridized carbons (Fsp3) is 0.261. The van der Waals surface area contributed by atoms with E-state index in [1.165, 1.54) is 11.9 Å². The fourth-order valence-corrected chi connectivity index (χ4v) is 3.81. The maximum atomic E-state index is 12.2. The van der Waals surface area contributed by atoms with Crippen molar-refractivity contribution < 1.29 is 9.53 Å². The van der Waals surface area contributed by atoms with Gasteiger partial charge in [0.1, 0.15) is 18.2 Å². The summed E-state index contributed by atoms with van der Waals surface area (Å²) in [7, 11) is 0. The Bertz CT molecular complexity index is 980. The van der Waals surface area contributed by atoms with Gasteiger partial charge in [0.15, 0.2) is 0 Å². The third kappa shape index (κ3) is 4.93. The molecule has 148 valence electrons. The molecule has 1 unspecified atom stereocenters. The summed E-state index contributed by atoms with van der Waals surface area (Å²) in [6.07, 6.45) is 7.86. The number of nitrogens with zero attached hydrogens (tertiary/aromatic N) is 2. The number of carbonyl (C=O) groups excluding carboxylic acids is 1. The Kier molecular flexibility index (Phi) is 6.06. The second-order valence-corrected chi connectivity index (χ2v) is 7.57. The van der Waals surface area contributed by atoms with E-state index in [1.807, 2.05) is 24.3 Å². The molecule has 1 aromatic heterocycles. The van der Waals surface area contributed by atoms with Crippen molar-refractivity contribution in [3.63, 3.8) is 0 Å². The van der Waals surface area contributed by atoms with Crippen molar-refractivity contribution in [1.82, 2.24) is 15.3 Å². The maximum absolute atomic E-state index is 12.2. The van der Waals surface area contributed by atoms with Crippen LogP contribution in [0.4, 0.5) is 0 Å². The third-order valence-electron chi connectivity index (χ3n) is 4.99. The number of carbonyl (C=O) groups is 1. The summed E-state index contributed by atoms with van der Waals surface area (Å²) in [6.45, 7) is 0.471. The number of amides is 1. The van der Waals surface area contributed by atoms with Gasteiger partial charge in [0.05, 0.1) is 11.6 Å². The van der Waals surface area contributed by atoms with Gasteiger partial charge in [-0.05, 0) is 36.1 Å². The average molecular weight is 408 g/mol. The minimum absolute atomic E-state index is 0.0497. The number of rotatable bonds is 7. The molecular formula is C23H22ClN3O2. The number of hydrogen-bond acceptors (Lipinski definition) is 4. The molecule has 0 saturated carbocycles. The first kappa shape index (κ1) is 19.4. The van der Waals surface area contributed by atoms with Crippen LogP contribution in [0.5, 0.6) is 5.75 Å². The van der Waals surface area contributed by atoms with Crippen molar-refractivity contribution in [2.75, 3.05) is 6.54 Å². The van der Waals surface area contributed by atoms with Crippen molar-refractivity contribution in [3.8, 4) is 16.9 Å². The second kappa shape index (κ2) is 9.05. The van der Waals surface area contributed by atoms with E-state index in [-0.39, 0.29) is 12.0 Å². The summed E-state index contributed by atoms with van der Waals surface area (Å²) in [6, 6.07) is 14.1. The zero-order chi connectivity index (χ0) is 20.1. The lowest BCUT2D eigenvalue weighted by Crippen LogP contribution is -2.34. The minimum atomic E-state index is -0.108. The zero-order valence-electron chi connectivity index (χ0n) is 16.0. The highest BCUT2D eigenvalue weighted by atomic mass is 35.5. The number of nitrogens with one attached hydrogen (secondary N) is 1. The summed E-state index contributed by atoms with van der Waals surface area (Å²) in [5.74, 6) is 0.754. The first-order chi connectivity index (χ1) is 14.2. The predicted molar refractivity (Wildman–Crippen MR) is 113 cm³/mol. The molecule has 0 saturated heterocycles. The highest BCUT2D eigenvalue weighted by Crippen LogP contribution is 2.39. The highest BCUT2D eigenvalue weighted by molar-refractivity contribution is 6.32. The number of halogens is 1. The lowest BCUT2D eigenvalue weighted by Gasteiger charge is -2.12. The Hall–Kier alpha value is -2.92. The second-order valence-electron chi connectivity index (χ2n) is 7.16. The van der Waals surface area contributed by atoms with E-state index in [0.29, 0.717) is 30.2 Å². The van der Waals surface area contributed by atoms with Crippen molar-refractivity contribution in [3.05, 3.63) is 77.3 Å². The summed E-state index contributed by atoms with van der Waals surface area (Å²) in [4.78, 5) is 20.3. The summed E-state index contributed by atoms with van der Waals surface area (Å²) >= 11 is 6.43. The van der Waals surface area contributed by atoms with Gasteiger partial charge in [-0.25, -0.2) is 9.97 Å². The number of aromatic nitrogens is 2. The Morgan fingerprint density at radius 2 is 1.93 bits per heavy atom. The summed E-state index contributed by atoms with van der Waals surface area (Å²) < 4.78 is 5.97. The standard InChI is InChI=1S/C23H22ClN3O2/c24-21-11-17(19-12-25-15-26-13-19)9-18-10-20(29-23(18)21)14-27-22(28)8-4-7-16-5-2-1-3-6-16/h1-3,5-6,9,11-13,15,20H,4,7-8,10,14H2,(H,27,28). The number of aryl methyl sites for hydroxylation is 1. The molecule has 3 aromatic rings. The molecule has 0 aliphatic carbocycles. The molecule has 5 nitrogen and oxygen atoms in total. The molecule has 0 fully saturated rings. The SMILES string of the molecule is O=C(CCCc1ccccc1)NCC1Cc2cc(-c3cncnc3)cc(Cl)c2O1. The maximum Gasteiger partial charge on any atom is 0.220 e. The molecule has 2 heterocycles. The fourth-order valence-electron chi connectivity index (χ4n) is 3.53. The number of hydrogen-bond donors (Lipinski definition) is 1. The van der Waals surface area contributed by atoms with Gasteiger partial charge in [-0.1, -0.05) is 41.9 Å². The lowest BCUT2D eigenvalue weighted by molar-refractivity contribution is -0.121. The van der Waals surface area contributed by atoms with Crippen molar-refractivity contribution in [1.29, 1.82) is 0 Å². The number of ether oxygens (including phenoxy) is 1. The van der Waals surface area contributed by atoms with Crippen molar-refractivity contribution in [2.24, 2.45) is 0 Å². The van der Waals surface area contributed by atoms with Gasteiger partial charge in [0.2, 0.25) is 5.91 Å². The van der Waals surface area contributed by atoms with Crippen LogP contribution in [-0.4, -0.2) is 28.5 Å². The van der Waals surface area contributed by atoms with E-state index in [4.69, 9.17) is 16.3 Å². The monoisotopic (exact) mass is 407 g/mol. The minimum Gasteiger partial charge on any atom is -0.486 e. The van der Waals surface area contributed by atoms with Crippen LogP contribution in [0.1, 0.15) is 24.0 Å². The van der Waals surface area contributed by atoms with E-state index >= 15 is 0 Å². The van der Waals surface area contributed by atoms with Crippen molar-refractivity contribution in [2.45, 2.75) is 31.8 Å². The van der Waals surface area contributed by atoms with Crippen LogP contribution >= 0.6 is 11.6 Å². The Balaban J connectivity index is 1.28. The van der Waals surface area contributed by atoms with E-state index in [0.717, 1.165) is 29.5 Å². The van der Waals surface area contributed by atoms with Crippen LogP contribution in [-0.2, 0) is 17.6 Å². The quantitative estimate of drug-likeness (QED) is 0.636. The van der Waals surface area contributed by atoms with Crippen LogP contribution < -0.4 is 10.1 Å². The Morgan fingerprint density at radius 3 is 2.72 bits per heavy atom. The molecule has 1 amide bonds. The largest absolute Gasteiger partial charge is 0.486 e. The molecule has 1 aliphatic heterocycles. The molecular weight excluding hydrogens is 386 g/mol. The number of fused-ring (bicyclic) bond motifs is 1. The van der Waals surface area contributed by atoms with Gasteiger partial charge in [0.25, 0.3) is 0 Å². The molecule has 4 rings (SSSR count). The van der Waals surface area contributed by atoms with Gasteiger partial charge in [-0.2, -0.15) is 0 Å². The van der Waals surface area contributed by atoms with Gasteiger partial charge >= 0.3 is 0 Å². The van der Waals surface area contributed by atoms with Crippen LogP contribution in [0.15, 0.2) is 61.2 Å². The van der Waals surface area contributed by atoms with Crippen LogP contribution in [0.3, 0.4) is 0 Å². The highest BCUT2D eigenvalue weighted by Gasteiger charge is 2.26. The zero-order valence-corrected chi connectivity index (χ0v) is 16.7. The summed E-state index contributed by atoms with van der Waals surface area (Å²) in [5, 5.41) is 3.55. The molecule has 0 bridgehead atoms. The molecule has 1 aliphatic rings. The molecule has 0 radical (unpaired) electrons. The van der Waals surface area contributed by atoms with Gasteiger partial charge < -0.3 is 10.1 Å². The lowest BCUT2D eigenvalue weighted by atomic mass is 10.0. The Labute approximate surface area is 175 Å². The van der Waals surface area contributed by atoms with Gasteiger partial charge in [-0.3, -0.25) is 4.79 Å². The molecule has 1 N–H and O–H groups in total. The molecule has 0 spiro atoms. The molecule has 29 heavy (non-hydrogen) atoms. The van der Waals surface area contributed by atoms with Crippen LogP contribution in [0, 0.1) is 0 Å².